The van der Waals surface area contributed by atoms with Crippen LogP contribution in [0.2, 0.25) is 5.02 Å². The fourth-order valence-corrected chi connectivity index (χ4v) is 4.08. The summed E-state index contributed by atoms with van der Waals surface area (Å²) in [6, 6.07) is 8.27. The van der Waals surface area contributed by atoms with Gasteiger partial charge >= 0.3 is 0 Å². The van der Waals surface area contributed by atoms with E-state index in [0.29, 0.717) is 19.8 Å². The van der Waals surface area contributed by atoms with E-state index in [1.807, 2.05) is 11.4 Å². The molecule has 26 heavy (non-hydrogen) atoms. The molecule has 2 N–H and O–H groups in total. The number of rotatable bonds is 6. The van der Waals surface area contributed by atoms with Crippen LogP contribution in [-0.2, 0) is 4.74 Å². The van der Waals surface area contributed by atoms with Crippen LogP contribution in [0.5, 0.6) is 0 Å². The number of hydrogen-bond donors (Lipinski definition) is 2. The van der Waals surface area contributed by atoms with E-state index in [1.165, 1.54) is 28.0 Å². The lowest BCUT2D eigenvalue weighted by atomic mass is 10.1. The number of nitrogens with one attached hydrogen (secondary N) is 2. The predicted octanol–water partition coefficient (Wildman–Crippen LogP) is 1.70. The molecule has 1 aromatic heterocycles. The lowest BCUT2D eigenvalue weighted by Gasteiger charge is -2.31. The van der Waals surface area contributed by atoms with Gasteiger partial charge in [-0.25, -0.2) is 0 Å². The van der Waals surface area contributed by atoms with Crippen molar-refractivity contribution in [2.45, 2.75) is 6.04 Å². The predicted molar refractivity (Wildman–Crippen MR) is 99.0 cm³/mol. The van der Waals surface area contributed by atoms with Crippen LogP contribution in [0, 0.1) is 10.1 Å². The first-order valence-corrected chi connectivity index (χ1v) is 9.50. The molecule has 1 saturated heterocycles. The van der Waals surface area contributed by atoms with Crippen LogP contribution in [0.4, 0.5) is 5.69 Å². The van der Waals surface area contributed by atoms with Crippen molar-refractivity contribution < 1.29 is 19.4 Å². The Morgan fingerprint density at radius 3 is 2.81 bits per heavy atom. The summed E-state index contributed by atoms with van der Waals surface area (Å²) >= 11 is 7.47. The molecule has 2 heterocycles. The molecular weight excluding hydrogens is 378 g/mol. The summed E-state index contributed by atoms with van der Waals surface area (Å²) in [6.45, 7) is 3.61. The van der Waals surface area contributed by atoms with Gasteiger partial charge in [0, 0.05) is 11.6 Å². The number of nitrogens with zero attached hydrogens (tertiary/aromatic N) is 1. The molecule has 3 rings (SSSR count). The molecule has 138 valence electrons. The fourth-order valence-electron chi connectivity index (χ4n) is 3.01. The monoisotopic (exact) mass is 396 g/mol. The molecule has 0 spiro atoms. The number of carbonyl (C=O) groups excluding carboxylic acids is 1. The Hall–Kier alpha value is -2.00. The lowest BCUT2D eigenvalue weighted by Crippen LogP contribution is -3.15. The summed E-state index contributed by atoms with van der Waals surface area (Å²) in [7, 11) is 0. The second kappa shape index (κ2) is 8.59. The van der Waals surface area contributed by atoms with Crippen LogP contribution >= 0.6 is 22.9 Å². The van der Waals surface area contributed by atoms with Crippen molar-refractivity contribution in [3.8, 4) is 0 Å². The normalized spacial score (nSPS) is 16.2. The molecule has 0 bridgehead atoms. The van der Waals surface area contributed by atoms with Gasteiger partial charge in [0.25, 0.3) is 11.6 Å². The lowest BCUT2D eigenvalue weighted by molar-refractivity contribution is -0.937. The van der Waals surface area contributed by atoms with Crippen LogP contribution in [0.15, 0.2) is 35.7 Å². The topological polar surface area (TPSA) is 85.9 Å². The molecule has 0 radical (unpaired) electrons. The summed E-state index contributed by atoms with van der Waals surface area (Å²) in [5, 5.41) is 15.9. The van der Waals surface area contributed by atoms with Crippen molar-refractivity contribution in [3.05, 3.63) is 61.3 Å². The Balaban J connectivity index is 1.71. The zero-order valence-electron chi connectivity index (χ0n) is 13.9. The Morgan fingerprint density at radius 1 is 1.38 bits per heavy atom. The van der Waals surface area contributed by atoms with E-state index in [-0.39, 0.29) is 28.2 Å². The highest BCUT2D eigenvalue weighted by Crippen LogP contribution is 2.25. The van der Waals surface area contributed by atoms with Crippen LogP contribution in [0.3, 0.4) is 0 Å². The number of benzene rings is 1. The van der Waals surface area contributed by atoms with Crippen LogP contribution in [0.25, 0.3) is 0 Å². The van der Waals surface area contributed by atoms with E-state index >= 15 is 0 Å². The van der Waals surface area contributed by atoms with E-state index in [0.717, 1.165) is 13.1 Å². The molecule has 1 aliphatic heterocycles. The number of halogens is 1. The van der Waals surface area contributed by atoms with Crippen molar-refractivity contribution in [1.29, 1.82) is 0 Å². The van der Waals surface area contributed by atoms with E-state index in [1.54, 1.807) is 11.3 Å². The van der Waals surface area contributed by atoms with Gasteiger partial charge < -0.3 is 15.0 Å². The number of amides is 1. The van der Waals surface area contributed by atoms with Gasteiger partial charge in [0.1, 0.15) is 24.2 Å². The number of nitro benzene ring substituents is 1. The second-order valence-corrected chi connectivity index (χ2v) is 7.36. The Kier molecular flexibility index (Phi) is 6.20. The summed E-state index contributed by atoms with van der Waals surface area (Å²) in [4.78, 5) is 25.4. The van der Waals surface area contributed by atoms with Gasteiger partial charge in [-0.15, -0.1) is 11.3 Å². The first kappa shape index (κ1) is 18.8. The maximum atomic E-state index is 12.5. The quantitative estimate of drug-likeness (QED) is 0.574. The van der Waals surface area contributed by atoms with Crippen molar-refractivity contribution in [2.75, 3.05) is 32.8 Å². The van der Waals surface area contributed by atoms with Gasteiger partial charge in [-0.05, 0) is 23.6 Å². The average Bonchev–Trinajstić information content (AvgIpc) is 3.17. The number of hydrogen-bond acceptors (Lipinski definition) is 5. The fraction of sp³-hybridized carbons (Fsp3) is 0.353. The summed E-state index contributed by atoms with van der Waals surface area (Å²) in [6.07, 6.45) is 0. The summed E-state index contributed by atoms with van der Waals surface area (Å²) in [5.41, 5.74) is -0.0454. The molecule has 1 aromatic carbocycles. The molecule has 0 unspecified atom stereocenters. The van der Waals surface area contributed by atoms with Gasteiger partial charge in [-0.3, -0.25) is 14.9 Å². The highest BCUT2D eigenvalue weighted by molar-refractivity contribution is 7.10. The smallest absolute Gasteiger partial charge is 0.288 e. The SMILES string of the molecule is O=C(NC[C@@H](c1cccs1)[NH+]1CCOCC1)c1ccc(Cl)c([N+](=O)[O-])c1. The molecule has 0 saturated carbocycles. The molecular formula is C17H19ClN3O4S+. The average molecular weight is 397 g/mol. The van der Waals surface area contributed by atoms with Gasteiger partial charge in [0.2, 0.25) is 0 Å². The number of carbonyl (C=O) groups is 1. The molecule has 0 aliphatic carbocycles. The maximum Gasteiger partial charge on any atom is 0.288 e. The minimum absolute atomic E-state index is 0.0146. The number of morpholine rings is 1. The van der Waals surface area contributed by atoms with E-state index in [9.17, 15) is 14.9 Å². The Morgan fingerprint density at radius 2 is 2.15 bits per heavy atom. The Labute approximate surface area is 159 Å². The molecule has 2 aromatic rings. The third-order valence-corrected chi connectivity index (χ3v) is 5.69. The first-order chi connectivity index (χ1) is 12.6. The highest BCUT2D eigenvalue weighted by Gasteiger charge is 2.28. The maximum absolute atomic E-state index is 12.5. The van der Waals surface area contributed by atoms with Gasteiger partial charge in [-0.1, -0.05) is 17.7 Å². The Bertz CT molecular complexity index is 778. The zero-order chi connectivity index (χ0) is 18.5. The summed E-state index contributed by atoms with van der Waals surface area (Å²) < 4.78 is 5.43. The largest absolute Gasteiger partial charge is 0.370 e. The number of thiophene rings is 1. The molecule has 1 fully saturated rings. The summed E-state index contributed by atoms with van der Waals surface area (Å²) in [5.74, 6) is -0.348. The molecule has 1 aliphatic rings. The molecule has 9 heteroatoms. The van der Waals surface area contributed by atoms with Crippen molar-refractivity contribution in [3.63, 3.8) is 0 Å². The zero-order valence-corrected chi connectivity index (χ0v) is 15.5. The second-order valence-electron chi connectivity index (χ2n) is 5.97. The van der Waals surface area contributed by atoms with E-state index in [2.05, 4.69) is 11.4 Å². The van der Waals surface area contributed by atoms with Gasteiger partial charge in [-0.2, -0.15) is 0 Å². The third-order valence-electron chi connectivity index (χ3n) is 4.39. The van der Waals surface area contributed by atoms with Crippen LogP contribution in [-0.4, -0.2) is 43.7 Å². The van der Waals surface area contributed by atoms with Crippen LogP contribution in [0.1, 0.15) is 21.3 Å². The van der Waals surface area contributed by atoms with Gasteiger partial charge in [0.05, 0.1) is 29.6 Å². The minimum atomic E-state index is -0.592. The molecule has 7 nitrogen and oxygen atoms in total. The third kappa shape index (κ3) is 4.39. The van der Waals surface area contributed by atoms with Gasteiger partial charge in [0.15, 0.2) is 0 Å². The van der Waals surface area contributed by atoms with E-state index < -0.39 is 4.92 Å². The van der Waals surface area contributed by atoms with E-state index in [4.69, 9.17) is 16.3 Å². The number of quaternary nitrogens is 1. The van der Waals surface area contributed by atoms with Crippen molar-refractivity contribution >= 4 is 34.5 Å². The first-order valence-electron chi connectivity index (χ1n) is 8.24. The molecule has 1 amide bonds. The van der Waals surface area contributed by atoms with Crippen LogP contribution < -0.4 is 10.2 Å². The standard InChI is InChI=1S/C17H18ClN3O4S/c18-13-4-3-12(10-14(13)21(23)24)17(22)19-11-15(16-2-1-9-26-16)20-5-7-25-8-6-20/h1-4,9-10,15H,5-8,11H2,(H,19,22)/p+1/t15-/m0/s1. The highest BCUT2D eigenvalue weighted by atomic mass is 35.5. The van der Waals surface area contributed by atoms with Crippen molar-refractivity contribution in [2.24, 2.45) is 0 Å². The minimum Gasteiger partial charge on any atom is -0.370 e. The number of nitro groups is 1. The molecule has 1 atom stereocenters. The number of ether oxygens (including phenoxy) is 1. The van der Waals surface area contributed by atoms with Crippen molar-refractivity contribution in [1.82, 2.24) is 5.32 Å².